The van der Waals surface area contributed by atoms with Crippen LogP contribution < -0.4 is 9.80 Å². The number of benzene rings is 1. The third-order valence-corrected chi connectivity index (χ3v) is 5.52. The molecule has 32 heavy (non-hydrogen) atoms. The Hall–Kier alpha value is -3.30. The highest BCUT2D eigenvalue weighted by Crippen LogP contribution is 2.33. The Morgan fingerprint density at radius 3 is 2.31 bits per heavy atom. The highest BCUT2D eigenvalue weighted by molar-refractivity contribution is 5.96. The summed E-state index contributed by atoms with van der Waals surface area (Å²) >= 11 is 0. The highest BCUT2D eigenvalue weighted by Gasteiger charge is 2.39. The van der Waals surface area contributed by atoms with E-state index in [9.17, 15) is 22.8 Å². The molecule has 2 aliphatic rings. The van der Waals surface area contributed by atoms with Gasteiger partial charge in [-0.25, -0.2) is 9.78 Å². The molecule has 0 bridgehead atoms. The van der Waals surface area contributed by atoms with Crippen LogP contribution in [0.3, 0.4) is 0 Å². The average Bonchev–Trinajstić information content (AvgIpc) is 3.05. The predicted octanol–water partition coefficient (Wildman–Crippen LogP) is 3.80. The van der Waals surface area contributed by atoms with Crippen LogP contribution in [0.25, 0.3) is 0 Å². The molecule has 0 N–H and O–H groups in total. The molecule has 2 saturated heterocycles. The monoisotopic (exact) mass is 448 g/mol. The van der Waals surface area contributed by atoms with Crippen molar-refractivity contribution in [3.05, 3.63) is 53.7 Å². The van der Waals surface area contributed by atoms with Crippen molar-refractivity contribution in [2.24, 2.45) is 0 Å². The summed E-state index contributed by atoms with van der Waals surface area (Å²) in [5.41, 5.74) is -1.20. The Kier molecular flexibility index (Phi) is 5.47. The predicted molar refractivity (Wildman–Crippen MR) is 112 cm³/mol. The maximum Gasteiger partial charge on any atom is 0.417 e. The second-order valence-corrected chi connectivity index (χ2v) is 8.41. The topological polar surface area (TPSA) is 66.0 Å². The fourth-order valence-electron chi connectivity index (χ4n) is 3.92. The molecule has 170 valence electrons. The summed E-state index contributed by atoms with van der Waals surface area (Å²) in [4.78, 5) is 34.1. The van der Waals surface area contributed by atoms with Gasteiger partial charge < -0.3 is 14.5 Å². The van der Waals surface area contributed by atoms with E-state index in [2.05, 4.69) is 4.98 Å². The molecular weight excluding hydrogens is 425 g/mol. The van der Waals surface area contributed by atoms with Crippen molar-refractivity contribution >= 4 is 23.5 Å². The van der Waals surface area contributed by atoms with Gasteiger partial charge in [-0.05, 0) is 38.1 Å². The first-order chi connectivity index (χ1) is 15.0. The number of alkyl halides is 3. The summed E-state index contributed by atoms with van der Waals surface area (Å²) < 4.78 is 45.1. The number of cyclic esters (lactones) is 1. The number of carbonyl (C=O) groups excluding carboxylic acids is 2. The van der Waals surface area contributed by atoms with Crippen molar-refractivity contribution < 1.29 is 27.5 Å². The molecule has 3 heterocycles. The molecule has 10 heteroatoms. The molecule has 2 amide bonds. The number of anilines is 2. The molecule has 0 atom stereocenters. The van der Waals surface area contributed by atoms with Crippen LogP contribution in [0.5, 0.6) is 0 Å². The van der Waals surface area contributed by atoms with Crippen LogP contribution in [0.4, 0.5) is 29.5 Å². The quantitative estimate of drug-likeness (QED) is 0.715. The standard InChI is InChI=1S/C22H23F3N4O3/c1-21(2)14-29(20(31)32-21)15-7-8-18(26-13-15)27-9-11-28(12-10-27)19(30)16-5-3-4-6-17(16)22(23,24)25/h3-8,13H,9-12,14H2,1-2H3. The summed E-state index contributed by atoms with van der Waals surface area (Å²) in [7, 11) is 0. The van der Waals surface area contributed by atoms with Gasteiger partial charge in [0.1, 0.15) is 11.4 Å². The van der Waals surface area contributed by atoms with E-state index in [0.29, 0.717) is 31.1 Å². The first-order valence-corrected chi connectivity index (χ1v) is 10.2. The lowest BCUT2D eigenvalue weighted by Gasteiger charge is -2.35. The van der Waals surface area contributed by atoms with Crippen molar-refractivity contribution in [3.63, 3.8) is 0 Å². The fraction of sp³-hybridized carbons (Fsp3) is 0.409. The summed E-state index contributed by atoms with van der Waals surface area (Å²) in [6.45, 7) is 5.52. The lowest BCUT2D eigenvalue weighted by Crippen LogP contribution is -2.49. The molecule has 0 unspecified atom stereocenters. The number of halogens is 3. The largest absolute Gasteiger partial charge is 0.441 e. The molecule has 2 aliphatic heterocycles. The number of aromatic nitrogens is 1. The molecule has 1 aromatic carbocycles. The van der Waals surface area contributed by atoms with Gasteiger partial charge in [0.2, 0.25) is 0 Å². The van der Waals surface area contributed by atoms with E-state index >= 15 is 0 Å². The van der Waals surface area contributed by atoms with Gasteiger partial charge in [-0.15, -0.1) is 0 Å². The van der Waals surface area contributed by atoms with E-state index in [-0.39, 0.29) is 18.7 Å². The maximum absolute atomic E-state index is 13.3. The van der Waals surface area contributed by atoms with E-state index in [1.54, 1.807) is 18.3 Å². The van der Waals surface area contributed by atoms with E-state index in [0.717, 1.165) is 6.07 Å². The van der Waals surface area contributed by atoms with Crippen molar-refractivity contribution in [2.45, 2.75) is 25.6 Å². The number of ether oxygens (including phenoxy) is 1. The zero-order chi connectivity index (χ0) is 23.1. The van der Waals surface area contributed by atoms with Gasteiger partial charge in [-0.1, -0.05) is 12.1 Å². The maximum atomic E-state index is 13.3. The number of amides is 2. The summed E-state index contributed by atoms with van der Waals surface area (Å²) in [6, 6.07) is 8.40. The van der Waals surface area contributed by atoms with E-state index in [1.165, 1.54) is 28.0 Å². The summed E-state index contributed by atoms with van der Waals surface area (Å²) in [5.74, 6) is 0.0411. The Labute approximate surface area is 183 Å². The van der Waals surface area contributed by atoms with E-state index < -0.39 is 29.3 Å². The lowest BCUT2D eigenvalue weighted by atomic mass is 10.1. The first kappa shape index (κ1) is 21.9. The number of pyridine rings is 1. The number of piperazine rings is 1. The SMILES string of the molecule is CC1(C)CN(c2ccc(N3CCN(C(=O)c4ccccc4C(F)(F)F)CC3)nc2)C(=O)O1. The van der Waals surface area contributed by atoms with Gasteiger partial charge in [-0.2, -0.15) is 13.2 Å². The molecule has 1 aromatic heterocycles. The van der Waals surface area contributed by atoms with Gasteiger partial charge in [0.05, 0.1) is 29.6 Å². The number of nitrogens with zero attached hydrogens (tertiary/aromatic N) is 4. The van der Waals surface area contributed by atoms with Crippen molar-refractivity contribution in [1.29, 1.82) is 0 Å². The summed E-state index contributed by atoms with van der Waals surface area (Å²) in [5, 5.41) is 0. The highest BCUT2D eigenvalue weighted by atomic mass is 19.4. The fourth-order valence-corrected chi connectivity index (χ4v) is 3.92. The zero-order valence-electron chi connectivity index (χ0n) is 17.7. The summed E-state index contributed by atoms with van der Waals surface area (Å²) in [6.07, 6.45) is -3.41. The zero-order valence-corrected chi connectivity index (χ0v) is 17.7. The third kappa shape index (κ3) is 4.35. The number of hydrogen-bond acceptors (Lipinski definition) is 5. The van der Waals surface area contributed by atoms with Crippen LogP contribution in [0.15, 0.2) is 42.6 Å². The van der Waals surface area contributed by atoms with Gasteiger partial charge in [0, 0.05) is 26.2 Å². The molecule has 0 radical (unpaired) electrons. The number of hydrogen-bond donors (Lipinski definition) is 0. The van der Waals surface area contributed by atoms with Crippen LogP contribution in [-0.2, 0) is 10.9 Å². The Morgan fingerprint density at radius 1 is 1.06 bits per heavy atom. The van der Waals surface area contributed by atoms with Crippen molar-refractivity contribution in [3.8, 4) is 0 Å². The molecule has 0 aliphatic carbocycles. The molecular formula is C22H23F3N4O3. The third-order valence-electron chi connectivity index (χ3n) is 5.52. The molecule has 2 fully saturated rings. The van der Waals surface area contributed by atoms with Crippen LogP contribution in [0, 0.1) is 0 Å². The lowest BCUT2D eigenvalue weighted by molar-refractivity contribution is -0.138. The number of rotatable bonds is 3. The minimum absolute atomic E-state index is 0.279. The molecule has 4 rings (SSSR count). The van der Waals surface area contributed by atoms with Crippen molar-refractivity contribution in [1.82, 2.24) is 9.88 Å². The molecule has 0 spiro atoms. The van der Waals surface area contributed by atoms with Crippen LogP contribution in [0.2, 0.25) is 0 Å². The minimum atomic E-state index is -4.59. The second kappa shape index (κ2) is 7.99. The normalized spacial score (nSPS) is 18.7. The van der Waals surface area contributed by atoms with Crippen LogP contribution in [0.1, 0.15) is 29.8 Å². The van der Waals surface area contributed by atoms with Gasteiger partial charge in [0.15, 0.2) is 0 Å². The van der Waals surface area contributed by atoms with E-state index in [4.69, 9.17) is 4.74 Å². The first-order valence-electron chi connectivity index (χ1n) is 10.2. The second-order valence-electron chi connectivity index (χ2n) is 8.41. The Balaban J connectivity index is 1.40. The van der Waals surface area contributed by atoms with Crippen LogP contribution >= 0.6 is 0 Å². The Morgan fingerprint density at radius 2 is 1.75 bits per heavy atom. The van der Waals surface area contributed by atoms with Gasteiger partial charge in [-0.3, -0.25) is 9.69 Å². The van der Waals surface area contributed by atoms with Crippen LogP contribution in [-0.4, -0.2) is 60.2 Å². The smallest absolute Gasteiger partial charge is 0.417 e. The van der Waals surface area contributed by atoms with Crippen molar-refractivity contribution in [2.75, 3.05) is 42.5 Å². The minimum Gasteiger partial charge on any atom is -0.441 e. The van der Waals surface area contributed by atoms with Gasteiger partial charge >= 0.3 is 12.3 Å². The molecule has 2 aromatic rings. The van der Waals surface area contributed by atoms with Gasteiger partial charge in [0.25, 0.3) is 5.91 Å². The Bertz CT molecular complexity index is 1020. The molecule has 0 saturated carbocycles. The van der Waals surface area contributed by atoms with E-state index in [1.807, 2.05) is 18.7 Å². The molecule has 7 nitrogen and oxygen atoms in total. The average molecular weight is 448 g/mol. The number of carbonyl (C=O) groups is 2.